The van der Waals surface area contributed by atoms with E-state index in [1.165, 1.54) is 0 Å². The van der Waals surface area contributed by atoms with Crippen molar-refractivity contribution in [1.82, 2.24) is 4.98 Å². The largest absolute Gasteiger partial charge is 0.387 e. The van der Waals surface area contributed by atoms with Crippen molar-refractivity contribution >= 4 is 11.5 Å². The Morgan fingerprint density at radius 2 is 2.36 bits per heavy atom. The number of aromatic nitrogens is 1. The lowest BCUT2D eigenvalue weighted by atomic mass is 10.2. The van der Waals surface area contributed by atoms with Crippen molar-refractivity contribution in [2.75, 3.05) is 17.7 Å². The number of nitrogens with one attached hydrogen (secondary N) is 2. The van der Waals surface area contributed by atoms with Crippen LogP contribution in [0.15, 0.2) is 12.3 Å². The van der Waals surface area contributed by atoms with Crippen molar-refractivity contribution in [3.63, 3.8) is 0 Å². The van der Waals surface area contributed by atoms with Crippen molar-refractivity contribution in [3.05, 3.63) is 17.8 Å². The summed E-state index contributed by atoms with van der Waals surface area (Å²) in [4.78, 5) is 3.96. The van der Waals surface area contributed by atoms with Crippen LogP contribution in [0.4, 0.5) is 11.5 Å². The number of hydrogen-bond acceptors (Lipinski definition) is 5. The molecular formula is C9H12N4O. The first-order valence-corrected chi connectivity index (χ1v) is 4.20. The van der Waals surface area contributed by atoms with Crippen LogP contribution in [-0.2, 0) is 0 Å². The van der Waals surface area contributed by atoms with Crippen LogP contribution in [0.5, 0.6) is 0 Å². The molecule has 0 fully saturated rings. The second-order valence-electron chi connectivity index (χ2n) is 2.76. The summed E-state index contributed by atoms with van der Waals surface area (Å²) in [7, 11) is 1.72. The monoisotopic (exact) mass is 192 g/mol. The van der Waals surface area contributed by atoms with Gasteiger partial charge in [0.15, 0.2) is 0 Å². The van der Waals surface area contributed by atoms with Crippen molar-refractivity contribution in [2.24, 2.45) is 0 Å². The summed E-state index contributed by atoms with van der Waals surface area (Å²) in [6.45, 7) is 1.56. The van der Waals surface area contributed by atoms with Gasteiger partial charge in [0.25, 0.3) is 0 Å². The van der Waals surface area contributed by atoms with E-state index in [-0.39, 0.29) is 0 Å². The molecule has 0 aliphatic heterocycles. The quantitative estimate of drug-likeness (QED) is 0.615. The van der Waals surface area contributed by atoms with Crippen molar-refractivity contribution in [2.45, 2.75) is 13.2 Å². The number of pyridine rings is 1. The van der Waals surface area contributed by atoms with Crippen LogP contribution in [0.2, 0.25) is 0 Å². The van der Waals surface area contributed by atoms with E-state index in [0.717, 1.165) is 0 Å². The summed E-state index contributed by atoms with van der Waals surface area (Å²) in [5, 5.41) is 23.6. The van der Waals surface area contributed by atoms with Gasteiger partial charge in [0.05, 0.1) is 5.69 Å². The number of rotatable bonds is 3. The van der Waals surface area contributed by atoms with Crippen LogP contribution in [0.25, 0.3) is 0 Å². The topological polar surface area (TPSA) is 81.0 Å². The van der Waals surface area contributed by atoms with Crippen LogP contribution < -0.4 is 10.6 Å². The number of aliphatic hydroxyl groups excluding tert-OH is 1. The molecule has 0 bridgehead atoms. The molecule has 5 nitrogen and oxygen atoms in total. The molecule has 0 aliphatic carbocycles. The number of nitrogens with zero attached hydrogens (tertiary/aromatic N) is 2. The SMILES string of the molecule is CNc1ccnc(NC(C)O)c1C#N. The Balaban J connectivity index is 3.10. The summed E-state index contributed by atoms with van der Waals surface area (Å²) in [5.74, 6) is 0.384. The number of anilines is 2. The van der Waals surface area contributed by atoms with E-state index in [2.05, 4.69) is 15.6 Å². The van der Waals surface area contributed by atoms with Crippen LogP contribution in [0.3, 0.4) is 0 Å². The summed E-state index contributed by atoms with van der Waals surface area (Å²) in [6, 6.07) is 3.72. The zero-order valence-corrected chi connectivity index (χ0v) is 8.07. The predicted molar refractivity (Wildman–Crippen MR) is 53.8 cm³/mol. The van der Waals surface area contributed by atoms with Gasteiger partial charge in [-0.25, -0.2) is 4.98 Å². The zero-order chi connectivity index (χ0) is 10.6. The van der Waals surface area contributed by atoms with Crippen LogP contribution in [0.1, 0.15) is 12.5 Å². The maximum Gasteiger partial charge on any atom is 0.147 e. The zero-order valence-electron chi connectivity index (χ0n) is 8.07. The molecule has 1 aromatic rings. The highest BCUT2D eigenvalue weighted by Crippen LogP contribution is 2.20. The molecule has 3 N–H and O–H groups in total. The molecule has 0 aliphatic rings. The summed E-state index contributed by atoms with van der Waals surface area (Å²) in [6.07, 6.45) is 0.832. The fraction of sp³-hybridized carbons (Fsp3) is 0.333. The third kappa shape index (κ3) is 2.12. The molecule has 1 unspecified atom stereocenters. The average Bonchev–Trinajstić information content (AvgIpc) is 2.16. The molecule has 0 amide bonds. The van der Waals surface area contributed by atoms with Crippen LogP contribution in [0, 0.1) is 11.3 Å². The molecule has 1 heterocycles. The standard InChI is InChI=1S/C9H12N4O/c1-6(14)13-9-7(5-10)8(11-2)3-4-12-9/h3-4,6,14H,1-2H3,(H2,11,12,13). The summed E-state index contributed by atoms with van der Waals surface area (Å²) < 4.78 is 0. The molecule has 5 heteroatoms. The molecule has 14 heavy (non-hydrogen) atoms. The first kappa shape index (κ1) is 10.3. The van der Waals surface area contributed by atoms with Gasteiger partial charge < -0.3 is 15.7 Å². The Morgan fingerprint density at radius 3 is 2.86 bits per heavy atom. The van der Waals surface area contributed by atoms with Gasteiger partial charge in [-0.15, -0.1) is 0 Å². The first-order chi connectivity index (χ1) is 6.69. The highest BCUT2D eigenvalue weighted by atomic mass is 16.3. The molecule has 1 aromatic heterocycles. The second kappa shape index (κ2) is 4.44. The molecule has 0 saturated heterocycles. The Labute approximate surface area is 82.4 Å². The van der Waals surface area contributed by atoms with E-state index < -0.39 is 6.23 Å². The predicted octanol–water partition coefficient (Wildman–Crippen LogP) is 0.745. The average molecular weight is 192 g/mol. The maximum atomic E-state index is 9.11. The lowest BCUT2D eigenvalue weighted by molar-refractivity contribution is 0.224. The first-order valence-electron chi connectivity index (χ1n) is 4.20. The number of nitriles is 1. The highest BCUT2D eigenvalue weighted by Gasteiger charge is 2.08. The van der Waals surface area contributed by atoms with Gasteiger partial charge >= 0.3 is 0 Å². The minimum atomic E-state index is -0.735. The number of hydrogen-bond donors (Lipinski definition) is 3. The maximum absolute atomic E-state index is 9.11. The molecule has 0 radical (unpaired) electrons. The third-order valence-electron chi connectivity index (χ3n) is 1.68. The van der Waals surface area contributed by atoms with Crippen molar-refractivity contribution < 1.29 is 5.11 Å². The van der Waals surface area contributed by atoms with E-state index in [4.69, 9.17) is 10.4 Å². The highest BCUT2D eigenvalue weighted by molar-refractivity contribution is 5.67. The molecule has 0 aromatic carbocycles. The van der Waals surface area contributed by atoms with Crippen molar-refractivity contribution in [3.8, 4) is 6.07 Å². The van der Waals surface area contributed by atoms with E-state index in [9.17, 15) is 0 Å². The van der Waals surface area contributed by atoms with Gasteiger partial charge in [-0.3, -0.25) is 0 Å². The third-order valence-corrected chi connectivity index (χ3v) is 1.68. The molecule has 74 valence electrons. The summed E-state index contributed by atoms with van der Waals surface area (Å²) >= 11 is 0. The molecule has 1 atom stereocenters. The van der Waals surface area contributed by atoms with E-state index in [1.54, 1.807) is 26.2 Å². The molecule has 1 rings (SSSR count). The molecule has 0 spiro atoms. The van der Waals surface area contributed by atoms with Gasteiger partial charge in [-0.1, -0.05) is 0 Å². The lowest BCUT2D eigenvalue weighted by Gasteiger charge is -2.11. The minimum absolute atomic E-state index is 0.384. The van der Waals surface area contributed by atoms with Gasteiger partial charge in [-0.05, 0) is 13.0 Å². The Bertz CT molecular complexity index is 356. The van der Waals surface area contributed by atoms with Gasteiger partial charge in [-0.2, -0.15) is 5.26 Å². The summed E-state index contributed by atoms with van der Waals surface area (Å²) in [5.41, 5.74) is 1.08. The van der Waals surface area contributed by atoms with Crippen molar-refractivity contribution in [1.29, 1.82) is 5.26 Å². The van der Waals surface area contributed by atoms with Gasteiger partial charge in [0.2, 0.25) is 0 Å². The van der Waals surface area contributed by atoms with E-state index in [0.29, 0.717) is 17.1 Å². The van der Waals surface area contributed by atoms with Gasteiger partial charge in [0, 0.05) is 13.2 Å². The van der Waals surface area contributed by atoms with E-state index in [1.807, 2.05) is 6.07 Å². The fourth-order valence-electron chi connectivity index (χ4n) is 1.09. The normalized spacial score (nSPS) is 11.6. The van der Waals surface area contributed by atoms with Gasteiger partial charge in [0.1, 0.15) is 23.7 Å². The minimum Gasteiger partial charge on any atom is -0.387 e. The molecule has 0 saturated carbocycles. The van der Waals surface area contributed by atoms with Crippen LogP contribution >= 0.6 is 0 Å². The smallest absolute Gasteiger partial charge is 0.147 e. The van der Waals surface area contributed by atoms with E-state index >= 15 is 0 Å². The van der Waals surface area contributed by atoms with Crippen LogP contribution in [-0.4, -0.2) is 23.4 Å². The Kier molecular flexibility index (Phi) is 3.26. The number of aliphatic hydroxyl groups is 1. The fourth-order valence-corrected chi connectivity index (χ4v) is 1.09. The molecular weight excluding hydrogens is 180 g/mol. The lowest BCUT2D eigenvalue weighted by Crippen LogP contribution is -2.16. The second-order valence-corrected chi connectivity index (χ2v) is 2.76. The Hall–Kier alpha value is -1.80. The Morgan fingerprint density at radius 1 is 1.64 bits per heavy atom.